The van der Waals surface area contributed by atoms with E-state index in [-0.39, 0.29) is 43.0 Å². The number of nitrogens with zero attached hydrogens (tertiary/aromatic N) is 3. The molecule has 0 atom stereocenters. The molecule has 2 amide bonds. The van der Waals surface area contributed by atoms with Gasteiger partial charge in [-0.3, -0.25) is 4.79 Å². The summed E-state index contributed by atoms with van der Waals surface area (Å²) in [6.45, 7) is 10.1. The molecule has 1 saturated heterocycles. The molecule has 1 aromatic carbocycles. The first kappa shape index (κ1) is 25.4. The number of ether oxygens (including phenoxy) is 2. The maximum Gasteiger partial charge on any atom is 0.410 e. The Hall–Kier alpha value is -3.27. The minimum atomic E-state index is -0.576. The number of β-amino-alcohol motifs (C(OH)–C–C–N with tert-alkyl or cyclic N) is 1. The largest absolute Gasteiger partial charge is 0.466 e. The fraction of sp³-hybridized carbons (Fsp3) is 0.542. The van der Waals surface area contributed by atoms with Crippen LogP contribution >= 0.6 is 0 Å². The number of carbonyl (C=O) groups excluding carboxylic acids is 3. The zero-order chi connectivity index (χ0) is 25.0. The number of amides is 2. The lowest BCUT2D eigenvalue weighted by Gasteiger charge is -2.37. The number of aliphatic hydroxyl groups is 1. The maximum absolute atomic E-state index is 12.7. The third-order valence-electron chi connectivity index (χ3n) is 5.69. The number of carbonyl (C=O) groups is 3. The quantitative estimate of drug-likeness (QED) is 0.600. The lowest BCUT2D eigenvalue weighted by Crippen LogP contribution is -2.50. The van der Waals surface area contributed by atoms with Crippen molar-refractivity contribution in [3.05, 3.63) is 35.0 Å². The van der Waals surface area contributed by atoms with Gasteiger partial charge in [0.1, 0.15) is 11.3 Å². The summed E-state index contributed by atoms with van der Waals surface area (Å²) in [7, 11) is 1.27. The highest BCUT2D eigenvalue weighted by molar-refractivity contribution is 6.08. The SMILES string of the molecule is COC(=O)C1=C(Nc2ccc(N3CCN(C(=O)OC(C)(C)C)CC3)c(C)c2)C(=O)N(CCO)C1. The van der Waals surface area contributed by atoms with Crippen molar-refractivity contribution < 1.29 is 29.0 Å². The van der Waals surface area contributed by atoms with Crippen LogP contribution in [-0.2, 0) is 19.1 Å². The molecule has 0 saturated carbocycles. The molecule has 1 fully saturated rings. The summed E-state index contributed by atoms with van der Waals surface area (Å²) in [5.74, 6) is -0.929. The van der Waals surface area contributed by atoms with Gasteiger partial charge in [-0.25, -0.2) is 9.59 Å². The molecule has 0 aromatic heterocycles. The molecule has 10 nitrogen and oxygen atoms in total. The number of piperazine rings is 1. The first-order valence-electron chi connectivity index (χ1n) is 11.4. The Balaban J connectivity index is 1.69. The highest BCUT2D eigenvalue weighted by atomic mass is 16.6. The van der Waals surface area contributed by atoms with Crippen LogP contribution in [0.15, 0.2) is 29.5 Å². The zero-order valence-electron chi connectivity index (χ0n) is 20.5. The minimum Gasteiger partial charge on any atom is -0.466 e. The lowest BCUT2D eigenvalue weighted by atomic mass is 10.1. The van der Waals surface area contributed by atoms with Gasteiger partial charge in [0, 0.05) is 44.1 Å². The number of nitrogens with one attached hydrogen (secondary N) is 1. The summed E-state index contributed by atoms with van der Waals surface area (Å²) in [6, 6.07) is 5.73. The van der Waals surface area contributed by atoms with Crippen LogP contribution in [0.5, 0.6) is 0 Å². The van der Waals surface area contributed by atoms with E-state index in [4.69, 9.17) is 9.47 Å². The number of hydrogen-bond acceptors (Lipinski definition) is 8. The van der Waals surface area contributed by atoms with Crippen LogP contribution in [0.3, 0.4) is 0 Å². The number of rotatable bonds is 6. The van der Waals surface area contributed by atoms with Gasteiger partial charge < -0.3 is 34.6 Å². The number of methoxy groups -OCH3 is 1. The van der Waals surface area contributed by atoms with E-state index < -0.39 is 11.6 Å². The van der Waals surface area contributed by atoms with Crippen LogP contribution in [0.4, 0.5) is 16.2 Å². The topological polar surface area (TPSA) is 112 Å². The maximum atomic E-state index is 12.7. The van der Waals surface area contributed by atoms with Crippen molar-refractivity contribution in [1.29, 1.82) is 0 Å². The second kappa shape index (κ2) is 10.3. The molecule has 0 aliphatic carbocycles. The Morgan fingerprint density at radius 2 is 1.82 bits per heavy atom. The summed E-state index contributed by atoms with van der Waals surface area (Å²) in [6.07, 6.45) is -0.297. The van der Waals surface area contributed by atoms with Crippen LogP contribution in [0.25, 0.3) is 0 Å². The molecule has 2 N–H and O–H groups in total. The van der Waals surface area contributed by atoms with Gasteiger partial charge in [0.05, 0.1) is 25.8 Å². The van der Waals surface area contributed by atoms with Crippen molar-refractivity contribution >= 4 is 29.3 Å². The van der Waals surface area contributed by atoms with Crippen LogP contribution in [-0.4, -0.2) is 91.5 Å². The zero-order valence-corrected chi connectivity index (χ0v) is 20.5. The molecule has 0 bridgehead atoms. The van der Waals surface area contributed by atoms with Crippen molar-refractivity contribution in [1.82, 2.24) is 9.80 Å². The highest BCUT2D eigenvalue weighted by Gasteiger charge is 2.34. The van der Waals surface area contributed by atoms with Crippen molar-refractivity contribution in [3.63, 3.8) is 0 Å². The highest BCUT2D eigenvalue weighted by Crippen LogP contribution is 2.28. The summed E-state index contributed by atoms with van der Waals surface area (Å²) in [5.41, 5.74) is 2.58. The van der Waals surface area contributed by atoms with Crippen LogP contribution < -0.4 is 10.2 Å². The van der Waals surface area contributed by atoms with Crippen molar-refractivity contribution in [2.75, 3.05) is 63.2 Å². The Labute approximate surface area is 200 Å². The average molecular weight is 475 g/mol. The molecule has 2 aliphatic heterocycles. The summed E-state index contributed by atoms with van der Waals surface area (Å²) in [5, 5.41) is 12.3. The second-order valence-corrected chi connectivity index (χ2v) is 9.38. The minimum absolute atomic E-state index is 0.0907. The van der Waals surface area contributed by atoms with Gasteiger partial charge in [0.2, 0.25) is 0 Å². The molecular weight excluding hydrogens is 440 g/mol. The summed E-state index contributed by atoms with van der Waals surface area (Å²) < 4.78 is 10.3. The third-order valence-corrected chi connectivity index (χ3v) is 5.69. The standard InChI is InChI=1S/C24H34N4O6/c1-16-14-17(25-20-18(22(31)33-5)15-28(12-13-29)21(20)30)6-7-19(16)26-8-10-27(11-9-26)23(32)34-24(2,3)4/h6-7,14,25,29H,8-13,15H2,1-5H3. The van der Waals surface area contributed by atoms with Gasteiger partial charge in [0.15, 0.2) is 0 Å². The van der Waals surface area contributed by atoms with Crippen LogP contribution in [0.1, 0.15) is 26.3 Å². The van der Waals surface area contributed by atoms with Crippen LogP contribution in [0, 0.1) is 6.92 Å². The fourth-order valence-electron chi connectivity index (χ4n) is 4.04. The lowest BCUT2D eigenvalue weighted by molar-refractivity contribution is -0.136. The predicted molar refractivity (Wildman–Crippen MR) is 128 cm³/mol. The summed E-state index contributed by atoms with van der Waals surface area (Å²) >= 11 is 0. The van der Waals surface area contributed by atoms with E-state index in [2.05, 4.69) is 10.2 Å². The molecule has 2 aliphatic rings. The molecular formula is C24H34N4O6. The fourth-order valence-corrected chi connectivity index (χ4v) is 4.04. The van der Waals surface area contributed by atoms with Crippen molar-refractivity contribution in [2.45, 2.75) is 33.3 Å². The molecule has 1 aromatic rings. The van der Waals surface area contributed by atoms with E-state index in [0.29, 0.717) is 31.9 Å². The summed E-state index contributed by atoms with van der Waals surface area (Å²) in [4.78, 5) is 42.6. The smallest absolute Gasteiger partial charge is 0.410 e. The number of aryl methyl sites for hydroxylation is 1. The van der Waals surface area contributed by atoms with Crippen molar-refractivity contribution in [3.8, 4) is 0 Å². The van der Waals surface area contributed by atoms with E-state index in [1.54, 1.807) is 4.90 Å². The van der Waals surface area contributed by atoms with E-state index in [9.17, 15) is 19.5 Å². The second-order valence-electron chi connectivity index (χ2n) is 9.38. The van der Waals surface area contributed by atoms with Gasteiger partial charge in [-0.2, -0.15) is 0 Å². The molecule has 34 heavy (non-hydrogen) atoms. The first-order valence-corrected chi connectivity index (χ1v) is 11.4. The van der Waals surface area contributed by atoms with Gasteiger partial charge in [-0.1, -0.05) is 0 Å². The Morgan fingerprint density at radius 3 is 2.38 bits per heavy atom. The molecule has 186 valence electrons. The van der Waals surface area contributed by atoms with Gasteiger partial charge in [-0.05, 0) is 51.5 Å². The number of benzene rings is 1. The number of anilines is 2. The third kappa shape index (κ3) is 5.80. The molecule has 0 unspecified atom stereocenters. The number of aliphatic hydroxyl groups excluding tert-OH is 1. The molecule has 2 heterocycles. The van der Waals surface area contributed by atoms with Gasteiger partial charge >= 0.3 is 12.1 Å². The molecule has 0 radical (unpaired) electrons. The van der Waals surface area contributed by atoms with E-state index in [1.807, 2.05) is 45.9 Å². The van der Waals surface area contributed by atoms with Crippen molar-refractivity contribution in [2.24, 2.45) is 0 Å². The van der Waals surface area contributed by atoms with Crippen LogP contribution in [0.2, 0.25) is 0 Å². The van der Waals surface area contributed by atoms with E-state index in [0.717, 1.165) is 11.3 Å². The van der Waals surface area contributed by atoms with Gasteiger partial charge in [-0.15, -0.1) is 0 Å². The monoisotopic (exact) mass is 474 g/mol. The normalized spacial score (nSPS) is 16.8. The Kier molecular flexibility index (Phi) is 7.71. The van der Waals surface area contributed by atoms with E-state index in [1.165, 1.54) is 12.0 Å². The Morgan fingerprint density at radius 1 is 1.15 bits per heavy atom. The van der Waals surface area contributed by atoms with E-state index >= 15 is 0 Å². The van der Waals surface area contributed by atoms with Gasteiger partial charge in [0.25, 0.3) is 5.91 Å². The molecule has 3 rings (SSSR count). The molecule has 0 spiro atoms. The number of esters is 1. The average Bonchev–Trinajstić information content (AvgIpc) is 3.08. The predicted octanol–water partition coefficient (Wildman–Crippen LogP) is 1.73. The first-order chi connectivity index (χ1) is 16.0. The number of hydrogen-bond donors (Lipinski definition) is 2. The Bertz CT molecular complexity index is 976. The molecule has 10 heteroatoms.